The number of carbonyl (C=O) groups is 2. The number of para-hydroxylation sites is 1. The van der Waals surface area contributed by atoms with Gasteiger partial charge in [-0.25, -0.2) is 0 Å². The number of nitrogens with one attached hydrogen (secondary N) is 2. The number of amides is 2. The van der Waals surface area contributed by atoms with Crippen LogP contribution >= 0.6 is 0 Å². The maximum Gasteiger partial charge on any atom is 0.272 e. The van der Waals surface area contributed by atoms with Gasteiger partial charge in [-0.05, 0) is 23.8 Å². The number of hydrogen-bond donors (Lipinski definition) is 2. The van der Waals surface area contributed by atoms with Gasteiger partial charge in [-0.3, -0.25) is 14.7 Å². The highest BCUT2D eigenvalue weighted by Gasteiger charge is 2.13. The zero-order chi connectivity index (χ0) is 17.1. The average Bonchev–Trinajstić information content (AvgIpc) is 3.03. The summed E-state index contributed by atoms with van der Waals surface area (Å²) in [5, 5.41) is 10.6. The summed E-state index contributed by atoms with van der Waals surface area (Å²) in [6.07, 6.45) is 0. The third-order valence-electron chi connectivity index (χ3n) is 3.75. The van der Waals surface area contributed by atoms with Crippen molar-refractivity contribution < 1.29 is 9.59 Å². The van der Waals surface area contributed by atoms with Crippen molar-refractivity contribution in [1.82, 2.24) is 20.4 Å². The molecule has 1 aromatic heterocycles. The summed E-state index contributed by atoms with van der Waals surface area (Å²) in [5.74, 6) is -0.283. The quantitative estimate of drug-likeness (QED) is 0.773. The number of rotatable bonds is 4. The second-order valence-electron chi connectivity index (χ2n) is 5.70. The molecule has 3 aromatic rings. The summed E-state index contributed by atoms with van der Waals surface area (Å²) >= 11 is 0. The minimum absolute atomic E-state index is 0.0476. The molecule has 6 heteroatoms. The van der Waals surface area contributed by atoms with Gasteiger partial charge in [-0.15, -0.1) is 0 Å². The maximum absolute atomic E-state index is 12.3. The van der Waals surface area contributed by atoms with E-state index in [4.69, 9.17) is 0 Å². The Labute approximate surface area is 139 Å². The molecule has 2 N–H and O–H groups in total. The van der Waals surface area contributed by atoms with Crippen molar-refractivity contribution in [2.24, 2.45) is 0 Å². The van der Waals surface area contributed by atoms with Crippen molar-refractivity contribution in [2.45, 2.75) is 6.54 Å². The van der Waals surface area contributed by atoms with Crippen LogP contribution in [-0.4, -0.2) is 41.0 Å². The lowest BCUT2D eigenvalue weighted by atomic mass is 10.1. The maximum atomic E-state index is 12.3. The van der Waals surface area contributed by atoms with Crippen molar-refractivity contribution in [3.8, 4) is 0 Å². The van der Waals surface area contributed by atoms with E-state index in [1.165, 1.54) is 4.90 Å². The lowest BCUT2D eigenvalue weighted by Gasteiger charge is -2.10. The Bertz CT molecular complexity index is 881. The molecule has 2 aromatic carbocycles. The van der Waals surface area contributed by atoms with Gasteiger partial charge in [0.2, 0.25) is 0 Å². The second-order valence-corrected chi connectivity index (χ2v) is 5.70. The zero-order valence-corrected chi connectivity index (χ0v) is 13.5. The number of fused-ring (bicyclic) bond motifs is 1. The first-order valence-corrected chi connectivity index (χ1v) is 7.58. The second kappa shape index (κ2) is 6.54. The lowest BCUT2D eigenvalue weighted by Crippen LogP contribution is -2.24. The molecule has 0 atom stereocenters. The standard InChI is InChI=1S/C18H18N4O2/c1-22(2)18(24)13-9-7-12(8-10-13)11-19-17(23)16-14-5-3-4-6-15(14)20-21-16/h3-10H,11H2,1-2H3,(H,19,23)(H,20,21). The Kier molecular flexibility index (Phi) is 4.29. The molecule has 0 radical (unpaired) electrons. The normalized spacial score (nSPS) is 10.6. The SMILES string of the molecule is CN(C)C(=O)c1ccc(CNC(=O)c2n[nH]c3ccccc23)cc1. The Morgan fingerprint density at radius 3 is 2.50 bits per heavy atom. The third kappa shape index (κ3) is 3.12. The molecule has 0 saturated carbocycles. The number of aromatic amines is 1. The van der Waals surface area contributed by atoms with Gasteiger partial charge in [-0.2, -0.15) is 5.10 Å². The van der Waals surface area contributed by atoms with Gasteiger partial charge in [0.15, 0.2) is 5.69 Å². The van der Waals surface area contributed by atoms with Crippen molar-refractivity contribution >= 4 is 22.7 Å². The molecule has 0 aliphatic carbocycles. The lowest BCUT2D eigenvalue weighted by molar-refractivity contribution is 0.0827. The third-order valence-corrected chi connectivity index (χ3v) is 3.75. The molecule has 1 heterocycles. The van der Waals surface area contributed by atoms with E-state index in [2.05, 4.69) is 15.5 Å². The van der Waals surface area contributed by atoms with Gasteiger partial charge < -0.3 is 10.2 Å². The van der Waals surface area contributed by atoms with Crippen LogP contribution < -0.4 is 5.32 Å². The summed E-state index contributed by atoms with van der Waals surface area (Å²) in [6, 6.07) is 14.7. The van der Waals surface area contributed by atoms with Crippen molar-refractivity contribution in [2.75, 3.05) is 14.1 Å². The van der Waals surface area contributed by atoms with Crippen molar-refractivity contribution in [3.63, 3.8) is 0 Å². The molecule has 0 fully saturated rings. The molecule has 0 unspecified atom stereocenters. The van der Waals surface area contributed by atoms with E-state index in [9.17, 15) is 9.59 Å². The minimum atomic E-state index is -0.235. The molecule has 0 spiro atoms. The molecule has 122 valence electrons. The van der Waals surface area contributed by atoms with Gasteiger partial charge in [-0.1, -0.05) is 30.3 Å². The van der Waals surface area contributed by atoms with Crippen LogP contribution in [0.25, 0.3) is 10.9 Å². The Morgan fingerprint density at radius 2 is 1.79 bits per heavy atom. The predicted molar refractivity (Wildman–Crippen MR) is 91.7 cm³/mol. The zero-order valence-electron chi connectivity index (χ0n) is 13.5. The first-order chi connectivity index (χ1) is 11.6. The summed E-state index contributed by atoms with van der Waals surface area (Å²) in [5.41, 5.74) is 2.74. The number of carbonyl (C=O) groups excluding carboxylic acids is 2. The summed E-state index contributed by atoms with van der Waals surface area (Å²) in [7, 11) is 3.43. The van der Waals surface area contributed by atoms with Crippen LogP contribution in [-0.2, 0) is 6.54 Å². The smallest absolute Gasteiger partial charge is 0.272 e. The number of H-pyrrole nitrogens is 1. The highest BCUT2D eigenvalue weighted by molar-refractivity contribution is 6.04. The average molecular weight is 322 g/mol. The topological polar surface area (TPSA) is 78.1 Å². The molecule has 0 aliphatic heterocycles. The minimum Gasteiger partial charge on any atom is -0.347 e. The molecule has 0 aliphatic rings. The van der Waals surface area contributed by atoms with Crippen LogP contribution in [0.1, 0.15) is 26.4 Å². The van der Waals surface area contributed by atoms with Crippen molar-refractivity contribution in [1.29, 1.82) is 0 Å². The molecule has 2 amide bonds. The van der Waals surface area contributed by atoms with E-state index in [0.29, 0.717) is 17.8 Å². The number of aromatic nitrogens is 2. The Balaban J connectivity index is 1.67. The number of benzene rings is 2. The summed E-state index contributed by atoms with van der Waals surface area (Å²) < 4.78 is 0. The number of hydrogen-bond acceptors (Lipinski definition) is 3. The van der Waals surface area contributed by atoms with Gasteiger partial charge in [0.1, 0.15) is 0 Å². The van der Waals surface area contributed by atoms with E-state index in [1.54, 1.807) is 26.2 Å². The summed E-state index contributed by atoms with van der Waals surface area (Å²) in [6.45, 7) is 0.371. The van der Waals surface area contributed by atoms with E-state index in [-0.39, 0.29) is 11.8 Å². The Hall–Kier alpha value is -3.15. The molecule has 6 nitrogen and oxygen atoms in total. The van der Waals surface area contributed by atoms with Gasteiger partial charge in [0.25, 0.3) is 11.8 Å². The highest BCUT2D eigenvalue weighted by atomic mass is 16.2. The molecular formula is C18H18N4O2. The van der Waals surface area contributed by atoms with Crippen LogP contribution in [0.3, 0.4) is 0 Å². The van der Waals surface area contributed by atoms with E-state index < -0.39 is 0 Å². The molecular weight excluding hydrogens is 304 g/mol. The first-order valence-electron chi connectivity index (χ1n) is 7.58. The van der Waals surface area contributed by atoms with Crippen LogP contribution in [0.4, 0.5) is 0 Å². The fourth-order valence-electron chi connectivity index (χ4n) is 2.43. The largest absolute Gasteiger partial charge is 0.347 e. The van der Waals surface area contributed by atoms with Gasteiger partial charge in [0.05, 0.1) is 5.52 Å². The summed E-state index contributed by atoms with van der Waals surface area (Å²) in [4.78, 5) is 25.7. The fourth-order valence-corrected chi connectivity index (χ4v) is 2.43. The first kappa shape index (κ1) is 15.7. The van der Waals surface area contributed by atoms with Gasteiger partial charge >= 0.3 is 0 Å². The fraction of sp³-hybridized carbons (Fsp3) is 0.167. The molecule has 0 bridgehead atoms. The van der Waals surface area contributed by atoms with Crippen LogP contribution in [0, 0.1) is 0 Å². The van der Waals surface area contributed by atoms with Gasteiger partial charge in [0, 0.05) is 31.6 Å². The van der Waals surface area contributed by atoms with Crippen LogP contribution in [0.5, 0.6) is 0 Å². The van der Waals surface area contributed by atoms with Crippen molar-refractivity contribution in [3.05, 3.63) is 65.4 Å². The van der Waals surface area contributed by atoms with Crippen LogP contribution in [0.2, 0.25) is 0 Å². The van der Waals surface area contributed by atoms with E-state index in [0.717, 1.165) is 16.5 Å². The highest BCUT2D eigenvalue weighted by Crippen LogP contribution is 2.15. The monoisotopic (exact) mass is 322 g/mol. The molecule has 3 rings (SSSR count). The van der Waals surface area contributed by atoms with E-state index >= 15 is 0 Å². The predicted octanol–water partition coefficient (Wildman–Crippen LogP) is 2.19. The van der Waals surface area contributed by atoms with E-state index in [1.807, 2.05) is 36.4 Å². The van der Waals surface area contributed by atoms with Crippen LogP contribution in [0.15, 0.2) is 48.5 Å². The molecule has 24 heavy (non-hydrogen) atoms. The Morgan fingerprint density at radius 1 is 1.08 bits per heavy atom. The molecule has 0 saturated heterocycles. The number of nitrogens with zero attached hydrogens (tertiary/aromatic N) is 2.